The largest absolute Gasteiger partial charge is 0.465 e. The van der Waals surface area contributed by atoms with Crippen molar-refractivity contribution >= 4 is 5.97 Å². The number of ether oxygens (including phenoxy) is 1. The van der Waals surface area contributed by atoms with Crippen LogP contribution in [-0.4, -0.2) is 36.0 Å². The molecule has 0 aromatic carbocycles. The van der Waals surface area contributed by atoms with Gasteiger partial charge in [0.15, 0.2) is 0 Å². The molecule has 0 aliphatic rings. The highest BCUT2D eigenvalue weighted by molar-refractivity contribution is 5.65. The van der Waals surface area contributed by atoms with Gasteiger partial charge < -0.3 is 14.9 Å². The van der Waals surface area contributed by atoms with E-state index in [9.17, 15) is 4.79 Å². The Morgan fingerprint density at radius 1 is 1.23 bits per heavy atom. The average molecular weight is 192 g/mol. The average Bonchev–Trinajstić information content (AvgIpc) is 2.00. The fourth-order valence-corrected chi connectivity index (χ4v) is 0.318. The number of esters is 1. The van der Waals surface area contributed by atoms with Crippen LogP contribution < -0.4 is 0 Å². The number of carbonyl (C=O) groups is 1. The van der Waals surface area contributed by atoms with Gasteiger partial charge in [0, 0.05) is 6.92 Å². The highest BCUT2D eigenvalue weighted by Gasteiger charge is 2.10. The van der Waals surface area contributed by atoms with E-state index in [1.807, 2.05) is 20.8 Å². The first-order chi connectivity index (χ1) is 5.83. The molecule has 0 aliphatic heterocycles. The molecule has 0 saturated carbocycles. The minimum Gasteiger partial charge on any atom is -0.465 e. The Balaban J connectivity index is 0. The second-order valence-electron chi connectivity index (χ2n) is 3.79. The standard InChI is InChI=1S/C7H14O2.C2H6O2/c1-6(8)9-5-7(2,3)4;3-1-2-4/h5H2,1-4H3;3-4H,1-2H2. The molecular weight excluding hydrogens is 172 g/mol. The number of rotatable bonds is 2. The lowest BCUT2D eigenvalue weighted by molar-refractivity contribution is -0.143. The molecule has 0 spiro atoms. The molecule has 0 bridgehead atoms. The van der Waals surface area contributed by atoms with Crippen molar-refractivity contribution in [2.45, 2.75) is 27.7 Å². The smallest absolute Gasteiger partial charge is 0.302 e. The molecule has 80 valence electrons. The van der Waals surface area contributed by atoms with Gasteiger partial charge in [0.25, 0.3) is 0 Å². The summed E-state index contributed by atoms with van der Waals surface area (Å²) in [5.74, 6) is -0.204. The number of hydrogen-bond acceptors (Lipinski definition) is 4. The zero-order valence-electron chi connectivity index (χ0n) is 8.83. The lowest BCUT2D eigenvalue weighted by atomic mass is 9.99. The van der Waals surface area contributed by atoms with E-state index in [-0.39, 0.29) is 24.6 Å². The van der Waals surface area contributed by atoms with Gasteiger partial charge in [0.2, 0.25) is 0 Å². The first-order valence-corrected chi connectivity index (χ1v) is 4.18. The van der Waals surface area contributed by atoms with Crippen LogP contribution in [0.4, 0.5) is 0 Å². The Morgan fingerprint density at radius 2 is 1.62 bits per heavy atom. The summed E-state index contributed by atoms with van der Waals surface area (Å²) in [5, 5.41) is 15.2. The van der Waals surface area contributed by atoms with Gasteiger partial charge in [-0.25, -0.2) is 0 Å². The van der Waals surface area contributed by atoms with Crippen molar-refractivity contribution in [1.82, 2.24) is 0 Å². The summed E-state index contributed by atoms with van der Waals surface area (Å²) in [5.41, 5.74) is 0.0890. The predicted octanol–water partition coefficient (Wildman–Crippen LogP) is 0.567. The van der Waals surface area contributed by atoms with Gasteiger partial charge in [0.1, 0.15) is 0 Å². The summed E-state index contributed by atoms with van der Waals surface area (Å²) in [6.07, 6.45) is 0. The topological polar surface area (TPSA) is 66.8 Å². The Morgan fingerprint density at radius 3 is 1.69 bits per heavy atom. The van der Waals surface area contributed by atoms with Crippen LogP contribution in [0.1, 0.15) is 27.7 Å². The molecule has 0 fully saturated rings. The Bertz CT molecular complexity index is 124. The first-order valence-electron chi connectivity index (χ1n) is 4.18. The van der Waals surface area contributed by atoms with E-state index in [1.54, 1.807) is 0 Å². The Labute approximate surface area is 79.5 Å². The molecule has 13 heavy (non-hydrogen) atoms. The van der Waals surface area contributed by atoms with Gasteiger partial charge in [-0.15, -0.1) is 0 Å². The molecule has 0 radical (unpaired) electrons. The van der Waals surface area contributed by atoms with Crippen molar-refractivity contribution in [3.05, 3.63) is 0 Å². The fourth-order valence-electron chi connectivity index (χ4n) is 0.318. The monoisotopic (exact) mass is 192 g/mol. The van der Waals surface area contributed by atoms with Crippen LogP contribution in [0.2, 0.25) is 0 Å². The lowest BCUT2D eigenvalue weighted by Gasteiger charge is -2.16. The van der Waals surface area contributed by atoms with E-state index >= 15 is 0 Å². The highest BCUT2D eigenvalue weighted by atomic mass is 16.5. The normalized spacial score (nSPS) is 10.0. The summed E-state index contributed by atoms with van der Waals surface area (Å²) in [6.45, 7) is 7.75. The molecular formula is C9H20O4. The van der Waals surface area contributed by atoms with E-state index < -0.39 is 0 Å². The summed E-state index contributed by atoms with van der Waals surface area (Å²) < 4.78 is 4.77. The minimum absolute atomic E-state index is 0.0890. The van der Waals surface area contributed by atoms with Crippen LogP contribution in [0.25, 0.3) is 0 Å². The Kier molecular flexibility index (Phi) is 9.17. The maximum atomic E-state index is 10.3. The van der Waals surface area contributed by atoms with E-state index in [2.05, 4.69) is 0 Å². The van der Waals surface area contributed by atoms with Crippen molar-refractivity contribution < 1.29 is 19.7 Å². The zero-order valence-corrected chi connectivity index (χ0v) is 8.83. The minimum atomic E-state index is -0.204. The first kappa shape index (κ1) is 14.9. The van der Waals surface area contributed by atoms with Crippen molar-refractivity contribution in [3.8, 4) is 0 Å². The van der Waals surface area contributed by atoms with E-state index in [0.717, 1.165) is 0 Å². The molecule has 0 rings (SSSR count). The summed E-state index contributed by atoms with van der Waals surface area (Å²) in [6, 6.07) is 0. The van der Waals surface area contributed by atoms with Gasteiger partial charge >= 0.3 is 5.97 Å². The van der Waals surface area contributed by atoms with Gasteiger partial charge in [-0.3, -0.25) is 4.79 Å². The molecule has 0 aromatic heterocycles. The molecule has 0 aromatic rings. The lowest BCUT2D eigenvalue weighted by Crippen LogP contribution is -2.16. The third kappa shape index (κ3) is 24.6. The van der Waals surface area contributed by atoms with E-state index in [1.165, 1.54) is 6.92 Å². The van der Waals surface area contributed by atoms with Crippen molar-refractivity contribution in [3.63, 3.8) is 0 Å². The maximum absolute atomic E-state index is 10.3. The summed E-state index contributed by atoms with van der Waals surface area (Å²) in [4.78, 5) is 10.3. The van der Waals surface area contributed by atoms with Crippen molar-refractivity contribution in [2.75, 3.05) is 19.8 Å². The molecule has 0 amide bonds. The highest BCUT2D eigenvalue weighted by Crippen LogP contribution is 2.12. The van der Waals surface area contributed by atoms with Crippen LogP contribution in [0.15, 0.2) is 0 Å². The van der Waals surface area contributed by atoms with Gasteiger partial charge in [-0.2, -0.15) is 0 Å². The number of carbonyl (C=O) groups excluding carboxylic acids is 1. The third-order valence-electron chi connectivity index (χ3n) is 0.808. The number of aliphatic hydroxyl groups is 2. The SMILES string of the molecule is CC(=O)OCC(C)(C)C.OCCO. The van der Waals surface area contributed by atoms with E-state index in [4.69, 9.17) is 14.9 Å². The number of aliphatic hydroxyl groups excluding tert-OH is 2. The molecule has 0 saturated heterocycles. The number of hydrogen-bond donors (Lipinski definition) is 2. The molecule has 0 atom stereocenters. The van der Waals surface area contributed by atoms with Gasteiger partial charge in [-0.1, -0.05) is 20.8 Å². The van der Waals surface area contributed by atoms with Crippen LogP contribution >= 0.6 is 0 Å². The molecule has 0 aliphatic carbocycles. The third-order valence-corrected chi connectivity index (χ3v) is 0.808. The second kappa shape index (κ2) is 8.01. The predicted molar refractivity (Wildman–Crippen MR) is 50.3 cm³/mol. The van der Waals surface area contributed by atoms with Crippen LogP contribution in [0, 0.1) is 5.41 Å². The fraction of sp³-hybridized carbons (Fsp3) is 0.889. The molecule has 4 nitrogen and oxygen atoms in total. The summed E-state index contributed by atoms with van der Waals surface area (Å²) >= 11 is 0. The van der Waals surface area contributed by atoms with E-state index in [0.29, 0.717) is 6.61 Å². The van der Waals surface area contributed by atoms with Crippen LogP contribution in [0.5, 0.6) is 0 Å². The van der Waals surface area contributed by atoms with Crippen LogP contribution in [-0.2, 0) is 9.53 Å². The molecule has 0 heterocycles. The quantitative estimate of drug-likeness (QED) is 0.628. The van der Waals surface area contributed by atoms with Crippen LogP contribution in [0.3, 0.4) is 0 Å². The van der Waals surface area contributed by atoms with Gasteiger partial charge in [0.05, 0.1) is 19.8 Å². The molecule has 0 unspecified atom stereocenters. The maximum Gasteiger partial charge on any atom is 0.302 e. The van der Waals surface area contributed by atoms with Crippen molar-refractivity contribution in [1.29, 1.82) is 0 Å². The second-order valence-corrected chi connectivity index (χ2v) is 3.79. The molecule has 2 N–H and O–H groups in total. The van der Waals surface area contributed by atoms with Gasteiger partial charge in [-0.05, 0) is 5.41 Å². The van der Waals surface area contributed by atoms with Crippen molar-refractivity contribution in [2.24, 2.45) is 5.41 Å². The molecule has 4 heteroatoms. The Hall–Kier alpha value is -0.610. The zero-order chi connectivity index (χ0) is 10.9. The summed E-state index contributed by atoms with van der Waals surface area (Å²) in [7, 11) is 0.